The molecule has 2 aromatic rings. The van der Waals surface area contributed by atoms with Gasteiger partial charge in [0.25, 0.3) is 0 Å². The molecular weight excluding hydrogens is 441 g/mol. The summed E-state index contributed by atoms with van der Waals surface area (Å²) in [4.78, 5) is 0. The number of nitrogens with one attached hydrogen (secondary N) is 1. The van der Waals surface area contributed by atoms with Crippen molar-refractivity contribution >= 4 is 38.5 Å². The molecule has 0 spiro atoms. The molecule has 1 aromatic heterocycles. The van der Waals surface area contributed by atoms with Gasteiger partial charge in [-0.3, -0.25) is 4.68 Å². The van der Waals surface area contributed by atoms with Crippen LogP contribution in [-0.4, -0.2) is 16.3 Å². The van der Waals surface area contributed by atoms with Crippen molar-refractivity contribution < 1.29 is 0 Å². The summed E-state index contributed by atoms with van der Waals surface area (Å²) in [5, 5.41) is 8.20. The van der Waals surface area contributed by atoms with Crippen LogP contribution >= 0.6 is 38.5 Å². The Kier molecular flexibility index (Phi) is 6.25. The van der Waals surface area contributed by atoms with Gasteiger partial charge in [-0.15, -0.1) is 0 Å². The molecule has 0 bridgehead atoms. The Morgan fingerprint density at radius 3 is 2.67 bits per heavy atom. The van der Waals surface area contributed by atoms with Crippen LogP contribution in [0.25, 0.3) is 0 Å². The van der Waals surface area contributed by atoms with E-state index in [1.165, 1.54) is 14.8 Å². The quantitative estimate of drug-likeness (QED) is 0.618. The molecule has 0 saturated heterocycles. The first-order valence-electron chi connectivity index (χ1n) is 7.27. The fraction of sp³-hybridized carbons (Fsp3) is 0.438. The highest BCUT2D eigenvalue weighted by atomic mass is 127. The monoisotopic (exact) mass is 461 g/mol. The molecule has 2 rings (SSSR count). The maximum atomic E-state index is 4.53. The molecule has 0 radical (unpaired) electrons. The number of aromatic nitrogens is 2. The summed E-state index contributed by atoms with van der Waals surface area (Å²) in [5.41, 5.74) is 2.50. The number of hydrogen-bond acceptors (Lipinski definition) is 2. The molecule has 0 aliphatic carbocycles. The zero-order chi connectivity index (χ0) is 15.4. The van der Waals surface area contributed by atoms with E-state index >= 15 is 0 Å². The smallest absolute Gasteiger partial charge is 0.0770 e. The fourth-order valence-corrected chi connectivity index (χ4v) is 3.59. The van der Waals surface area contributed by atoms with Crippen molar-refractivity contribution in [3.63, 3.8) is 0 Å². The third-order valence-corrected chi connectivity index (χ3v) is 4.96. The van der Waals surface area contributed by atoms with E-state index < -0.39 is 0 Å². The zero-order valence-corrected chi connectivity index (χ0v) is 16.3. The highest BCUT2D eigenvalue weighted by Gasteiger charge is 2.24. The highest BCUT2D eigenvalue weighted by molar-refractivity contribution is 14.1. The zero-order valence-electron chi connectivity index (χ0n) is 12.6. The Hall–Kier alpha value is -0.400. The average molecular weight is 462 g/mol. The van der Waals surface area contributed by atoms with Gasteiger partial charge in [0.15, 0.2) is 0 Å². The second-order valence-corrected chi connectivity index (χ2v) is 7.34. The lowest BCUT2D eigenvalue weighted by Gasteiger charge is -2.23. The molecule has 0 aliphatic rings. The van der Waals surface area contributed by atoms with E-state index in [0.717, 1.165) is 17.4 Å². The number of benzene rings is 1. The Bertz CT molecular complexity index is 595. The van der Waals surface area contributed by atoms with E-state index in [4.69, 9.17) is 0 Å². The van der Waals surface area contributed by atoms with Crippen molar-refractivity contribution in [2.75, 3.05) is 6.54 Å². The van der Waals surface area contributed by atoms with Crippen molar-refractivity contribution in [1.82, 2.24) is 15.1 Å². The minimum atomic E-state index is 0.150. The van der Waals surface area contributed by atoms with Crippen molar-refractivity contribution in [3.8, 4) is 0 Å². The predicted molar refractivity (Wildman–Crippen MR) is 99.6 cm³/mol. The standard InChI is InChI=1S/C16H21BrIN3/c1-4-9-19-15(12-7-5-6-8-14(12)18)16-13(17)10-20-21(16)11(2)3/h5-8,10-11,15,19H,4,9H2,1-3H3. The summed E-state index contributed by atoms with van der Waals surface area (Å²) < 4.78 is 4.43. The lowest BCUT2D eigenvalue weighted by atomic mass is 10.0. The predicted octanol–water partition coefficient (Wildman–Crippen LogP) is 4.92. The molecular formula is C16H21BrIN3. The van der Waals surface area contributed by atoms with Crippen LogP contribution in [0.15, 0.2) is 34.9 Å². The minimum absolute atomic E-state index is 0.150. The first kappa shape index (κ1) is 17.0. The maximum Gasteiger partial charge on any atom is 0.0770 e. The van der Waals surface area contributed by atoms with Gasteiger partial charge in [0.2, 0.25) is 0 Å². The van der Waals surface area contributed by atoms with Gasteiger partial charge in [0.1, 0.15) is 0 Å². The van der Waals surface area contributed by atoms with Gasteiger partial charge in [-0.05, 0) is 77.0 Å². The van der Waals surface area contributed by atoms with E-state index in [-0.39, 0.29) is 6.04 Å². The van der Waals surface area contributed by atoms with Crippen molar-refractivity contribution in [3.05, 3.63) is 49.8 Å². The van der Waals surface area contributed by atoms with Crippen molar-refractivity contribution in [2.24, 2.45) is 0 Å². The highest BCUT2D eigenvalue weighted by Crippen LogP contribution is 2.32. The summed E-state index contributed by atoms with van der Waals surface area (Å²) in [6.45, 7) is 7.49. The second kappa shape index (κ2) is 7.74. The van der Waals surface area contributed by atoms with Gasteiger partial charge in [-0.25, -0.2) is 0 Å². The van der Waals surface area contributed by atoms with Crippen LogP contribution in [0, 0.1) is 3.57 Å². The molecule has 5 heteroatoms. The van der Waals surface area contributed by atoms with Crippen LogP contribution < -0.4 is 5.32 Å². The van der Waals surface area contributed by atoms with Crippen molar-refractivity contribution in [1.29, 1.82) is 0 Å². The van der Waals surface area contributed by atoms with Crippen LogP contribution in [0.2, 0.25) is 0 Å². The Labute approximate surface area is 148 Å². The molecule has 21 heavy (non-hydrogen) atoms. The second-order valence-electron chi connectivity index (χ2n) is 5.32. The molecule has 1 atom stereocenters. The topological polar surface area (TPSA) is 29.9 Å². The molecule has 114 valence electrons. The van der Waals surface area contributed by atoms with Gasteiger partial charge in [0, 0.05) is 9.61 Å². The first-order chi connectivity index (χ1) is 10.1. The van der Waals surface area contributed by atoms with E-state index in [9.17, 15) is 0 Å². The van der Waals surface area contributed by atoms with E-state index in [2.05, 4.69) is 98.7 Å². The van der Waals surface area contributed by atoms with Gasteiger partial charge < -0.3 is 5.32 Å². The van der Waals surface area contributed by atoms with Crippen LogP contribution in [0.3, 0.4) is 0 Å². The number of rotatable bonds is 6. The van der Waals surface area contributed by atoms with Gasteiger partial charge in [-0.1, -0.05) is 25.1 Å². The molecule has 1 aromatic carbocycles. The Morgan fingerprint density at radius 2 is 2.05 bits per heavy atom. The third-order valence-electron chi connectivity index (χ3n) is 3.36. The van der Waals surface area contributed by atoms with Crippen molar-refractivity contribution in [2.45, 2.75) is 39.3 Å². The third kappa shape index (κ3) is 3.87. The molecule has 1 heterocycles. The van der Waals surface area contributed by atoms with E-state index in [1.54, 1.807) is 0 Å². The van der Waals surface area contributed by atoms with Gasteiger partial charge in [-0.2, -0.15) is 5.10 Å². The SMILES string of the molecule is CCCNC(c1ccccc1I)c1c(Br)cnn1C(C)C. The molecule has 0 saturated carbocycles. The van der Waals surface area contributed by atoms with Crippen LogP contribution in [0.4, 0.5) is 0 Å². The molecule has 0 fully saturated rings. The van der Waals surface area contributed by atoms with Crippen LogP contribution in [0.5, 0.6) is 0 Å². The molecule has 0 aliphatic heterocycles. The number of halogens is 2. The van der Waals surface area contributed by atoms with E-state index in [0.29, 0.717) is 6.04 Å². The normalized spacial score (nSPS) is 12.9. The molecule has 0 amide bonds. The summed E-state index contributed by atoms with van der Waals surface area (Å²) in [6.07, 6.45) is 3.00. The Balaban J connectivity index is 2.51. The fourth-order valence-electron chi connectivity index (χ4n) is 2.38. The number of hydrogen-bond donors (Lipinski definition) is 1. The molecule has 1 N–H and O–H groups in total. The van der Waals surface area contributed by atoms with Gasteiger partial charge >= 0.3 is 0 Å². The van der Waals surface area contributed by atoms with Crippen LogP contribution in [-0.2, 0) is 0 Å². The summed E-state index contributed by atoms with van der Waals surface area (Å²) >= 11 is 6.08. The summed E-state index contributed by atoms with van der Waals surface area (Å²) in [6, 6.07) is 9.01. The minimum Gasteiger partial charge on any atom is -0.305 e. The van der Waals surface area contributed by atoms with Gasteiger partial charge in [0.05, 0.1) is 22.4 Å². The van der Waals surface area contributed by atoms with Crippen LogP contribution in [0.1, 0.15) is 50.5 Å². The molecule has 3 nitrogen and oxygen atoms in total. The maximum absolute atomic E-state index is 4.53. The lowest BCUT2D eigenvalue weighted by molar-refractivity contribution is 0.470. The Morgan fingerprint density at radius 1 is 1.33 bits per heavy atom. The number of nitrogens with zero attached hydrogens (tertiary/aromatic N) is 2. The summed E-state index contributed by atoms with van der Waals surface area (Å²) in [5.74, 6) is 0. The summed E-state index contributed by atoms with van der Waals surface area (Å²) in [7, 11) is 0. The largest absolute Gasteiger partial charge is 0.305 e. The molecule has 1 unspecified atom stereocenters. The van der Waals surface area contributed by atoms with E-state index in [1.807, 2.05) is 6.20 Å². The average Bonchev–Trinajstić information content (AvgIpc) is 2.83. The lowest BCUT2D eigenvalue weighted by Crippen LogP contribution is -2.27. The first-order valence-corrected chi connectivity index (χ1v) is 9.14.